The smallest absolute Gasteiger partial charge is 0.220 e. The monoisotopic (exact) mass is 264 g/mol. The van der Waals surface area contributed by atoms with Gasteiger partial charge in [-0.05, 0) is 24.3 Å². The number of nitrogens with zero attached hydrogens (tertiary/aromatic N) is 2. The number of hydrogen-bond acceptors (Lipinski definition) is 3. The topological polar surface area (TPSA) is 45.9 Å². The second-order valence-electron chi connectivity index (χ2n) is 3.17. The van der Waals surface area contributed by atoms with Crippen LogP contribution < -0.4 is 4.74 Å². The summed E-state index contributed by atoms with van der Waals surface area (Å²) in [6.07, 6.45) is 1.50. The first kappa shape index (κ1) is 11.7. The fraction of sp³-hybridized carbons (Fsp3) is 0. The van der Waals surface area contributed by atoms with Crippen molar-refractivity contribution in [1.82, 2.24) is 4.98 Å². The Balaban J connectivity index is 2.28. The maximum Gasteiger partial charge on any atom is 0.220 e. The van der Waals surface area contributed by atoms with Crippen molar-refractivity contribution in [2.75, 3.05) is 0 Å². The highest BCUT2D eigenvalue weighted by atomic mass is 35.5. The molecule has 0 atom stereocenters. The molecule has 1 aromatic heterocycles. The summed E-state index contributed by atoms with van der Waals surface area (Å²) in [6.45, 7) is 0. The third kappa shape index (κ3) is 2.88. The average Bonchev–Trinajstić information content (AvgIpc) is 2.33. The van der Waals surface area contributed by atoms with Crippen molar-refractivity contribution < 1.29 is 4.74 Å². The van der Waals surface area contributed by atoms with Crippen LogP contribution in [0.1, 0.15) is 5.56 Å². The van der Waals surface area contributed by atoms with Crippen molar-refractivity contribution >= 4 is 23.2 Å². The molecule has 84 valence electrons. The van der Waals surface area contributed by atoms with Gasteiger partial charge >= 0.3 is 0 Å². The minimum Gasteiger partial charge on any atom is -0.437 e. The molecule has 1 heterocycles. The quantitative estimate of drug-likeness (QED) is 0.822. The zero-order chi connectivity index (χ0) is 12.3. The maximum atomic E-state index is 8.74. The zero-order valence-electron chi connectivity index (χ0n) is 8.52. The van der Waals surface area contributed by atoms with Crippen LogP contribution in [0.5, 0.6) is 11.6 Å². The van der Waals surface area contributed by atoms with Gasteiger partial charge in [-0.15, -0.1) is 0 Å². The lowest BCUT2D eigenvalue weighted by atomic mass is 10.3. The Bertz CT molecular complexity index is 593. The van der Waals surface area contributed by atoms with Crippen LogP contribution in [0, 0.1) is 11.3 Å². The van der Waals surface area contributed by atoms with Crippen molar-refractivity contribution in [2.24, 2.45) is 0 Å². The highest BCUT2D eigenvalue weighted by molar-refractivity contribution is 6.35. The Kier molecular flexibility index (Phi) is 3.48. The first-order chi connectivity index (χ1) is 8.19. The molecule has 0 radical (unpaired) electrons. The largest absolute Gasteiger partial charge is 0.437 e. The van der Waals surface area contributed by atoms with Crippen molar-refractivity contribution in [3.63, 3.8) is 0 Å². The molecular weight excluding hydrogens is 259 g/mol. The fourth-order valence-corrected chi connectivity index (χ4v) is 1.65. The maximum absolute atomic E-state index is 8.74. The van der Waals surface area contributed by atoms with Gasteiger partial charge in [-0.1, -0.05) is 23.2 Å². The van der Waals surface area contributed by atoms with E-state index in [9.17, 15) is 0 Å². The lowest BCUT2D eigenvalue weighted by Crippen LogP contribution is -1.89. The Morgan fingerprint density at radius 1 is 1.18 bits per heavy atom. The molecule has 0 unspecified atom stereocenters. The number of pyridine rings is 1. The van der Waals surface area contributed by atoms with Gasteiger partial charge in [0.15, 0.2) is 0 Å². The van der Waals surface area contributed by atoms with E-state index in [0.717, 1.165) is 0 Å². The number of halogens is 2. The SMILES string of the molecule is N#Cc1ccnc(Oc2ccc(Cl)cc2Cl)c1. The predicted molar refractivity (Wildman–Crippen MR) is 65.5 cm³/mol. The molecule has 2 rings (SSSR count). The Labute approximate surface area is 108 Å². The minimum atomic E-state index is 0.313. The number of nitriles is 1. The lowest BCUT2D eigenvalue weighted by Gasteiger charge is -2.06. The molecule has 0 aliphatic heterocycles. The number of ether oxygens (including phenoxy) is 1. The van der Waals surface area contributed by atoms with Crippen molar-refractivity contribution in [3.05, 3.63) is 52.1 Å². The van der Waals surface area contributed by atoms with Crippen molar-refractivity contribution in [1.29, 1.82) is 5.26 Å². The normalized spacial score (nSPS) is 9.71. The van der Waals surface area contributed by atoms with E-state index in [1.54, 1.807) is 24.3 Å². The van der Waals surface area contributed by atoms with Gasteiger partial charge < -0.3 is 4.74 Å². The molecule has 0 aliphatic rings. The third-order valence-electron chi connectivity index (χ3n) is 1.97. The van der Waals surface area contributed by atoms with Crippen LogP contribution in [0.25, 0.3) is 0 Å². The molecule has 1 aromatic carbocycles. The molecule has 0 bridgehead atoms. The summed E-state index contributed by atoms with van der Waals surface area (Å²) in [6, 6.07) is 10.0. The minimum absolute atomic E-state index is 0.313. The molecule has 5 heteroatoms. The van der Waals surface area contributed by atoms with Gasteiger partial charge in [-0.3, -0.25) is 0 Å². The molecular formula is C12H6Cl2N2O. The molecule has 0 fully saturated rings. The van der Waals surface area contributed by atoms with Crippen LogP contribution in [0.15, 0.2) is 36.5 Å². The van der Waals surface area contributed by atoms with E-state index < -0.39 is 0 Å². The Morgan fingerprint density at radius 3 is 2.71 bits per heavy atom. The molecule has 0 saturated heterocycles. The summed E-state index contributed by atoms with van der Waals surface area (Å²) >= 11 is 11.7. The summed E-state index contributed by atoms with van der Waals surface area (Å²) in [4.78, 5) is 3.98. The van der Waals surface area contributed by atoms with Crippen molar-refractivity contribution in [3.8, 4) is 17.7 Å². The van der Waals surface area contributed by atoms with Crippen LogP contribution in [0.2, 0.25) is 10.0 Å². The van der Waals surface area contributed by atoms with E-state index >= 15 is 0 Å². The second-order valence-corrected chi connectivity index (χ2v) is 4.01. The summed E-state index contributed by atoms with van der Waals surface area (Å²) in [5.74, 6) is 0.756. The zero-order valence-corrected chi connectivity index (χ0v) is 10.0. The standard InChI is InChI=1S/C12H6Cl2N2O/c13-9-1-2-11(10(14)6-9)17-12-5-8(7-15)3-4-16-12/h1-6H. The Morgan fingerprint density at radius 2 is 2.00 bits per heavy atom. The molecule has 0 spiro atoms. The highest BCUT2D eigenvalue weighted by Crippen LogP contribution is 2.30. The molecule has 3 nitrogen and oxygen atoms in total. The van der Waals surface area contributed by atoms with Gasteiger partial charge in [0.2, 0.25) is 5.88 Å². The van der Waals surface area contributed by atoms with E-state index in [2.05, 4.69) is 4.98 Å². The van der Waals surface area contributed by atoms with Crippen LogP contribution in [-0.4, -0.2) is 4.98 Å². The summed E-state index contributed by atoms with van der Waals surface area (Å²) < 4.78 is 5.45. The summed E-state index contributed by atoms with van der Waals surface area (Å²) in [5.41, 5.74) is 0.472. The summed E-state index contributed by atoms with van der Waals surface area (Å²) in [7, 11) is 0. The number of benzene rings is 1. The second kappa shape index (κ2) is 5.05. The van der Waals surface area contributed by atoms with Crippen LogP contribution in [0.4, 0.5) is 0 Å². The molecule has 2 aromatic rings. The van der Waals surface area contributed by atoms with Crippen LogP contribution >= 0.6 is 23.2 Å². The highest BCUT2D eigenvalue weighted by Gasteiger charge is 2.05. The van der Waals surface area contributed by atoms with Gasteiger partial charge in [0, 0.05) is 17.3 Å². The molecule has 0 N–H and O–H groups in total. The van der Waals surface area contributed by atoms with Gasteiger partial charge in [0.1, 0.15) is 5.75 Å². The van der Waals surface area contributed by atoms with Crippen molar-refractivity contribution in [2.45, 2.75) is 0 Å². The van der Waals surface area contributed by atoms with E-state index in [1.165, 1.54) is 12.3 Å². The molecule has 0 saturated carbocycles. The molecule has 17 heavy (non-hydrogen) atoms. The number of aromatic nitrogens is 1. The number of hydrogen-bond donors (Lipinski definition) is 0. The molecule has 0 amide bonds. The van der Waals surface area contributed by atoms with E-state index in [0.29, 0.717) is 27.2 Å². The average molecular weight is 265 g/mol. The lowest BCUT2D eigenvalue weighted by molar-refractivity contribution is 0.463. The first-order valence-electron chi connectivity index (χ1n) is 4.68. The Hall–Kier alpha value is -1.76. The van der Waals surface area contributed by atoms with Gasteiger partial charge in [0.05, 0.1) is 16.7 Å². The van der Waals surface area contributed by atoms with E-state index in [4.69, 9.17) is 33.2 Å². The fourth-order valence-electron chi connectivity index (χ4n) is 1.21. The van der Waals surface area contributed by atoms with Crippen LogP contribution in [0.3, 0.4) is 0 Å². The van der Waals surface area contributed by atoms with Gasteiger partial charge in [0.25, 0.3) is 0 Å². The van der Waals surface area contributed by atoms with Crippen LogP contribution in [-0.2, 0) is 0 Å². The summed E-state index contributed by atoms with van der Waals surface area (Å²) in [5, 5.41) is 9.66. The first-order valence-corrected chi connectivity index (χ1v) is 5.43. The third-order valence-corrected chi connectivity index (χ3v) is 2.50. The van der Waals surface area contributed by atoms with E-state index in [-0.39, 0.29) is 0 Å². The van der Waals surface area contributed by atoms with Gasteiger partial charge in [-0.25, -0.2) is 4.98 Å². The predicted octanol–water partition coefficient (Wildman–Crippen LogP) is 4.05. The van der Waals surface area contributed by atoms with Gasteiger partial charge in [-0.2, -0.15) is 5.26 Å². The molecule has 0 aliphatic carbocycles. The number of rotatable bonds is 2. The van der Waals surface area contributed by atoms with E-state index in [1.807, 2.05) is 6.07 Å².